The fourth-order valence-corrected chi connectivity index (χ4v) is 3.11. The van der Waals surface area contributed by atoms with Gasteiger partial charge in [-0.3, -0.25) is 19.2 Å². The molecular weight excluding hydrogens is 442 g/mol. The molecule has 32 heavy (non-hydrogen) atoms. The number of rotatable bonds is 17. The number of thioether (sulfide) groups is 1. The molecule has 0 heterocycles. The number of carboxylic acids is 2. The molecule has 0 unspecified atom stereocenters. The number of amides is 3. The Hall–Kier alpha value is -2.38. The first kappa shape index (κ1) is 29.6. The quantitative estimate of drug-likeness (QED) is 0.122. The number of hydrogen-bond donors (Lipinski definition) is 7. The Bertz CT molecular complexity index is 648. The van der Waals surface area contributed by atoms with Crippen LogP contribution >= 0.6 is 11.8 Å². The van der Waals surface area contributed by atoms with Crippen molar-refractivity contribution in [2.45, 2.75) is 69.6 Å². The summed E-state index contributed by atoms with van der Waals surface area (Å²) >= 11 is 1.43. The van der Waals surface area contributed by atoms with Gasteiger partial charge in [0.2, 0.25) is 17.7 Å². The first-order valence-corrected chi connectivity index (χ1v) is 11.7. The predicted octanol–water partition coefficient (Wildman–Crippen LogP) is -1.38. The zero-order chi connectivity index (χ0) is 24.7. The van der Waals surface area contributed by atoms with Crippen LogP contribution < -0.4 is 27.4 Å². The molecule has 0 aromatic carbocycles. The molecule has 0 saturated carbocycles. The van der Waals surface area contributed by atoms with Gasteiger partial charge in [0.25, 0.3) is 0 Å². The zero-order valence-electron chi connectivity index (χ0n) is 18.5. The average molecular weight is 478 g/mol. The topological polar surface area (TPSA) is 214 Å². The number of nitrogens with one attached hydrogen (secondary N) is 3. The Labute approximate surface area is 191 Å². The molecule has 3 amide bonds. The summed E-state index contributed by atoms with van der Waals surface area (Å²) in [6, 6.07) is -4.25. The number of carbonyl (C=O) groups is 5. The average Bonchev–Trinajstić information content (AvgIpc) is 2.72. The highest BCUT2D eigenvalue weighted by atomic mass is 32.2. The summed E-state index contributed by atoms with van der Waals surface area (Å²) in [5.41, 5.74) is 11.0. The van der Waals surface area contributed by atoms with Crippen LogP contribution in [-0.2, 0) is 24.0 Å². The van der Waals surface area contributed by atoms with E-state index in [1.54, 1.807) is 0 Å². The largest absolute Gasteiger partial charge is 0.481 e. The maximum absolute atomic E-state index is 12.8. The molecule has 0 aromatic rings. The van der Waals surface area contributed by atoms with Crippen LogP contribution in [0.4, 0.5) is 0 Å². The molecule has 0 aliphatic carbocycles. The lowest BCUT2D eigenvalue weighted by Gasteiger charge is -2.25. The Balaban J connectivity index is 5.35. The molecule has 12 nitrogen and oxygen atoms in total. The lowest BCUT2D eigenvalue weighted by Crippen LogP contribution is -2.57. The van der Waals surface area contributed by atoms with Gasteiger partial charge in [0, 0.05) is 6.42 Å². The minimum Gasteiger partial charge on any atom is -0.481 e. The second-order valence-electron chi connectivity index (χ2n) is 7.31. The highest BCUT2D eigenvalue weighted by Crippen LogP contribution is 2.07. The summed E-state index contributed by atoms with van der Waals surface area (Å²) in [7, 11) is 0. The van der Waals surface area contributed by atoms with E-state index in [1.165, 1.54) is 18.7 Å². The number of unbranched alkanes of at least 4 members (excludes halogenated alkanes) is 1. The number of aliphatic carboxylic acids is 2. The van der Waals surface area contributed by atoms with E-state index in [9.17, 15) is 29.1 Å². The van der Waals surface area contributed by atoms with Gasteiger partial charge >= 0.3 is 11.9 Å². The van der Waals surface area contributed by atoms with Gasteiger partial charge in [0.05, 0.1) is 6.04 Å². The molecule has 0 aliphatic heterocycles. The van der Waals surface area contributed by atoms with Crippen molar-refractivity contribution in [3.05, 3.63) is 0 Å². The van der Waals surface area contributed by atoms with Crippen LogP contribution in [0.3, 0.4) is 0 Å². The Morgan fingerprint density at radius 1 is 0.844 bits per heavy atom. The van der Waals surface area contributed by atoms with Crippen LogP contribution in [0.15, 0.2) is 0 Å². The van der Waals surface area contributed by atoms with Gasteiger partial charge in [-0.25, -0.2) is 4.79 Å². The van der Waals surface area contributed by atoms with Crippen molar-refractivity contribution in [3.8, 4) is 0 Å². The zero-order valence-corrected chi connectivity index (χ0v) is 19.3. The van der Waals surface area contributed by atoms with E-state index in [2.05, 4.69) is 16.0 Å². The smallest absolute Gasteiger partial charge is 0.326 e. The van der Waals surface area contributed by atoms with Gasteiger partial charge in [-0.15, -0.1) is 0 Å². The molecule has 0 spiro atoms. The van der Waals surface area contributed by atoms with Gasteiger partial charge < -0.3 is 37.6 Å². The highest BCUT2D eigenvalue weighted by molar-refractivity contribution is 7.98. The maximum atomic E-state index is 12.8. The standard InChI is InChI=1S/C19H35N5O7S/c1-11(21)16(27)22-12(5-3-4-9-20)17(28)23-13(8-10-32-2)18(29)24-14(19(30)31)6-7-15(25)26/h11-14H,3-10,20-21H2,1-2H3,(H,22,27)(H,23,28)(H,24,29)(H,25,26)(H,30,31)/t11-,12-,13-,14-/m0/s1. The summed E-state index contributed by atoms with van der Waals surface area (Å²) < 4.78 is 0. The van der Waals surface area contributed by atoms with Gasteiger partial charge in [-0.2, -0.15) is 11.8 Å². The third-order valence-electron chi connectivity index (χ3n) is 4.50. The molecule has 0 rings (SSSR count). The van der Waals surface area contributed by atoms with Crippen LogP contribution in [0, 0.1) is 0 Å². The van der Waals surface area contributed by atoms with E-state index < -0.39 is 60.2 Å². The molecule has 0 aliphatic rings. The summed E-state index contributed by atoms with van der Waals surface area (Å²) in [6.07, 6.45) is 2.76. The molecule has 13 heteroatoms. The third-order valence-corrected chi connectivity index (χ3v) is 5.14. The first-order valence-electron chi connectivity index (χ1n) is 10.3. The van der Waals surface area contributed by atoms with Crippen molar-refractivity contribution in [1.82, 2.24) is 16.0 Å². The Morgan fingerprint density at radius 2 is 1.38 bits per heavy atom. The van der Waals surface area contributed by atoms with Crippen molar-refractivity contribution >= 4 is 41.4 Å². The van der Waals surface area contributed by atoms with E-state index in [-0.39, 0.29) is 19.3 Å². The van der Waals surface area contributed by atoms with Gasteiger partial charge in [-0.05, 0) is 57.6 Å². The second kappa shape index (κ2) is 16.3. The summed E-state index contributed by atoms with van der Waals surface area (Å²) in [5.74, 6) is -3.95. The third kappa shape index (κ3) is 12.5. The highest BCUT2D eigenvalue weighted by Gasteiger charge is 2.29. The van der Waals surface area contributed by atoms with Crippen LogP contribution in [0.1, 0.15) is 45.4 Å². The molecule has 0 bridgehead atoms. The molecular formula is C19H35N5O7S. The number of carboxylic acid groups (broad SMARTS) is 2. The van der Waals surface area contributed by atoms with Crippen molar-refractivity contribution in [2.24, 2.45) is 11.5 Å². The molecule has 4 atom stereocenters. The molecule has 0 saturated heterocycles. The molecule has 0 fully saturated rings. The SMILES string of the molecule is CSCC[C@H](NC(=O)[C@H](CCCCN)NC(=O)[C@H](C)N)C(=O)N[C@@H](CCC(=O)O)C(=O)O. The fourth-order valence-electron chi connectivity index (χ4n) is 2.64. The summed E-state index contributed by atoms with van der Waals surface area (Å²) in [5, 5.41) is 25.4. The monoisotopic (exact) mass is 477 g/mol. The van der Waals surface area contributed by atoms with Crippen LogP contribution in [-0.4, -0.2) is 82.6 Å². The fraction of sp³-hybridized carbons (Fsp3) is 0.737. The van der Waals surface area contributed by atoms with E-state index in [0.29, 0.717) is 25.1 Å². The van der Waals surface area contributed by atoms with Gasteiger partial charge in [0.15, 0.2) is 0 Å². The van der Waals surface area contributed by atoms with Crippen LogP contribution in [0.25, 0.3) is 0 Å². The Morgan fingerprint density at radius 3 is 1.84 bits per heavy atom. The van der Waals surface area contributed by atoms with Crippen molar-refractivity contribution in [3.63, 3.8) is 0 Å². The van der Waals surface area contributed by atoms with E-state index in [0.717, 1.165) is 0 Å². The molecule has 9 N–H and O–H groups in total. The first-order chi connectivity index (χ1) is 15.0. The lowest BCUT2D eigenvalue weighted by atomic mass is 10.1. The number of nitrogens with two attached hydrogens (primary N) is 2. The minimum atomic E-state index is -1.41. The van der Waals surface area contributed by atoms with Gasteiger partial charge in [0.1, 0.15) is 18.1 Å². The summed E-state index contributed by atoms with van der Waals surface area (Å²) in [6.45, 7) is 1.89. The molecule has 0 radical (unpaired) electrons. The number of hydrogen-bond acceptors (Lipinski definition) is 8. The van der Waals surface area contributed by atoms with Gasteiger partial charge in [-0.1, -0.05) is 0 Å². The van der Waals surface area contributed by atoms with E-state index in [4.69, 9.17) is 16.6 Å². The van der Waals surface area contributed by atoms with Crippen molar-refractivity contribution in [2.75, 3.05) is 18.6 Å². The molecule has 184 valence electrons. The predicted molar refractivity (Wildman–Crippen MR) is 120 cm³/mol. The Kier molecular flexibility index (Phi) is 15.1. The number of carbonyl (C=O) groups excluding carboxylic acids is 3. The van der Waals surface area contributed by atoms with Crippen molar-refractivity contribution in [1.29, 1.82) is 0 Å². The van der Waals surface area contributed by atoms with E-state index >= 15 is 0 Å². The lowest BCUT2D eigenvalue weighted by molar-refractivity contribution is -0.143. The van der Waals surface area contributed by atoms with Crippen LogP contribution in [0.5, 0.6) is 0 Å². The normalized spacial score (nSPS) is 14.5. The molecule has 0 aromatic heterocycles. The van der Waals surface area contributed by atoms with E-state index in [1.807, 2.05) is 6.26 Å². The maximum Gasteiger partial charge on any atom is 0.326 e. The van der Waals surface area contributed by atoms with Crippen LogP contribution in [0.2, 0.25) is 0 Å². The minimum absolute atomic E-state index is 0.209. The second-order valence-corrected chi connectivity index (χ2v) is 8.29. The van der Waals surface area contributed by atoms with Crippen molar-refractivity contribution < 1.29 is 34.2 Å². The summed E-state index contributed by atoms with van der Waals surface area (Å²) in [4.78, 5) is 59.6.